The molecule has 0 unspecified atom stereocenters. The van der Waals surface area contributed by atoms with E-state index in [1.54, 1.807) is 12.1 Å². The van der Waals surface area contributed by atoms with E-state index >= 15 is 0 Å². The van der Waals surface area contributed by atoms with E-state index in [2.05, 4.69) is 4.84 Å². The predicted octanol–water partition coefficient (Wildman–Crippen LogP) is 3.93. The zero-order valence-electron chi connectivity index (χ0n) is 6.57. The molecule has 0 saturated carbocycles. The lowest BCUT2D eigenvalue weighted by Crippen LogP contribution is -1.78. The number of benzene rings is 1. The van der Waals surface area contributed by atoms with Gasteiger partial charge in [-0.1, -0.05) is 37.6 Å². The Bertz CT molecular complexity index is 201. The van der Waals surface area contributed by atoms with E-state index in [1.165, 1.54) is 0 Å². The van der Waals surface area contributed by atoms with Crippen molar-refractivity contribution in [1.29, 1.82) is 0 Å². The number of hydrogen-bond acceptors (Lipinski definition) is 1. The van der Waals surface area contributed by atoms with Crippen LogP contribution in [0.5, 0.6) is 0 Å². The van der Waals surface area contributed by atoms with Gasteiger partial charge in [0, 0.05) is 11.8 Å². The zero-order valence-corrected chi connectivity index (χ0v) is 8.08. The second kappa shape index (κ2) is 6.32. The van der Waals surface area contributed by atoms with Crippen LogP contribution >= 0.6 is 23.4 Å². The molecule has 0 radical (unpaired) electrons. The van der Waals surface area contributed by atoms with E-state index < -0.39 is 0 Å². The molecule has 3 heteroatoms. The maximum absolute atomic E-state index is 5.68. The minimum atomic E-state index is 0.632. The van der Waals surface area contributed by atoms with E-state index in [4.69, 9.17) is 23.4 Å². The van der Waals surface area contributed by atoms with Gasteiger partial charge in [0.05, 0.1) is 10.7 Å². The van der Waals surface area contributed by atoms with Gasteiger partial charge < -0.3 is 0 Å². The van der Waals surface area contributed by atoms with Crippen molar-refractivity contribution in [1.82, 2.24) is 0 Å². The van der Waals surface area contributed by atoms with Crippen molar-refractivity contribution in [3.8, 4) is 0 Å². The number of hydrogen-bond donors (Lipinski definition) is 1. The first kappa shape index (κ1) is 10.6. The van der Waals surface area contributed by atoms with Gasteiger partial charge in [-0.2, -0.15) is 0 Å². The second-order valence-corrected chi connectivity index (χ2v) is 2.17. The smallest absolute Gasteiger partial charge is 0.0678 e. The molecule has 0 spiro atoms. The van der Waals surface area contributed by atoms with Gasteiger partial charge in [-0.25, -0.2) is 0 Å². The van der Waals surface area contributed by atoms with Gasteiger partial charge in [-0.05, 0) is 12.1 Å². The third kappa shape index (κ3) is 3.49. The van der Waals surface area contributed by atoms with Gasteiger partial charge in [0.1, 0.15) is 0 Å². The average Bonchev–Trinajstić information content (AvgIpc) is 2.09. The Kier molecular flexibility index (Phi) is 6.09. The third-order valence-corrected chi connectivity index (χ3v) is 1.51. The van der Waals surface area contributed by atoms with Gasteiger partial charge >= 0.3 is 0 Å². The molecule has 0 aliphatic rings. The van der Waals surface area contributed by atoms with Crippen molar-refractivity contribution in [2.24, 2.45) is 0 Å². The molecule has 11 heavy (non-hydrogen) atoms. The lowest BCUT2D eigenvalue weighted by Gasteiger charge is -1.97. The van der Waals surface area contributed by atoms with Gasteiger partial charge in [0.15, 0.2) is 0 Å². The molecule has 0 fully saturated rings. The summed E-state index contributed by atoms with van der Waals surface area (Å²) in [7, 11) is 0. The van der Waals surface area contributed by atoms with Crippen molar-refractivity contribution in [3.63, 3.8) is 0 Å². The van der Waals surface area contributed by atoms with Crippen LogP contribution in [0.15, 0.2) is 24.3 Å². The Morgan fingerprint density at radius 2 is 1.73 bits per heavy atom. The van der Waals surface area contributed by atoms with Crippen LogP contribution in [0.2, 0.25) is 5.02 Å². The SMILES string of the molecule is CC.ClNc1ccccc1Cl. The summed E-state index contributed by atoms with van der Waals surface area (Å²) in [4.78, 5) is 2.44. The fourth-order valence-electron chi connectivity index (χ4n) is 0.538. The minimum Gasteiger partial charge on any atom is -0.297 e. The number of rotatable bonds is 1. The largest absolute Gasteiger partial charge is 0.297 e. The van der Waals surface area contributed by atoms with Crippen LogP contribution in [0.25, 0.3) is 0 Å². The van der Waals surface area contributed by atoms with Gasteiger partial charge in [0.25, 0.3) is 0 Å². The summed E-state index contributed by atoms with van der Waals surface area (Å²) in [5.41, 5.74) is 0.737. The molecule has 0 heterocycles. The first-order valence-corrected chi connectivity index (χ1v) is 4.21. The van der Waals surface area contributed by atoms with Crippen LogP contribution in [0.4, 0.5) is 5.69 Å². The highest BCUT2D eigenvalue weighted by atomic mass is 35.5. The van der Waals surface area contributed by atoms with Crippen molar-refractivity contribution in [2.75, 3.05) is 4.84 Å². The molecule has 0 aromatic heterocycles. The number of halogens is 2. The summed E-state index contributed by atoms with van der Waals surface area (Å²) in [6, 6.07) is 7.28. The summed E-state index contributed by atoms with van der Waals surface area (Å²) in [6.45, 7) is 4.00. The topological polar surface area (TPSA) is 12.0 Å². The monoisotopic (exact) mass is 191 g/mol. The molecule has 0 amide bonds. The van der Waals surface area contributed by atoms with E-state index in [9.17, 15) is 0 Å². The molecular formula is C8H11Cl2N. The van der Waals surface area contributed by atoms with E-state index in [-0.39, 0.29) is 0 Å². The summed E-state index contributed by atoms with van der Waals surface area (Å²) in [5.74, 6) is 0. The minimum absolute atomic E-state index is 0.632. The van der Waals surface area contributed by atoms with Crippen molar-refractivity contribution < 1.29 is 0 Å². The Morgan fingerprint density at radius 3 is 2.09 bits per heavy atom. The fraction of sp³-hybridized carbons (Fsp3) is 0.250. The molecule has 1 N–H and O–H groups in total. The summed E-state index contributed by atoms with van der Waals surface area (Å²) in [5, 5.41) is 0.632. The lowest BCUT2D eigenvalue weighted by atomic mass is 10.3. The normalized spacial score (nSPS) is 8.00. The van der Waals surface area contributed by atoms with E-state index in [1.807, 2.05) is 26.0 Å². The van der Waals surface area contributed by atoms with Crippen LogP contribution in [0.1, 0.15) is 13.8 Å². The predicted molar refractivity (Wildman–Crippen MR) is 52.3 cm³/mol. The Morgan fingerprint density at radius 1 is 1.18 bits per heavy atom. The lowest BCUT2D eigenvalue weighted by molar-refractivity contribution is 1.50. The molecule has 0 aliphatic carbocycles. The number of nitrogens with one attached hydrogen (secondary N) is 1. The number of para-hydroxylation sites is 1. The molecule has 0 bridgehead atoms. The summed E-state index contributed by atoms with van der Waals surface area (Å²) in [6.07, 6.45) is 0. The van der Waals surface area contributed by atoms with Crippen molar-refractivity contribution in [2.45, 2.75) is 13.8 Å². The van der Waals surface area contributed by atoms with E-state index in [0.717, 1.165) is 5.69 Å². The highest BCUT2D eigenvalue weighted by Crippen LogP contribution is 2.20. The number of anilines is 1. The van der Waals surface area contributed by atoms with Crippen molar-refractivity contribution in [3.05, 3.63) is 29.3 Å². The maximum Gasteiger partial charge on any atom is 0.0678 e. The molecule has 1 aromatic carbocycles. The third-order valence-electron chi connectivity index (χ3n) is 0.976. The highest BCUT2D eigenvalue weighted by molar-refractivity contribution is 6.35. The Hall–Kier alpha value is -0.400. The van der Waals surface area contributed by atoms with Crippen LogP contribution in [-0.4, -0.2) is 0 Å². The van der Waals surface area contributed by atoms with Crippen LogP contribution < -0.4 is 4.84 Å². The summed E-state index contributed by atoms with van der Waals surface area (Å²) >= 11 is 11.0. The highest BCUT2D eigenvalue weighted by Gasteiger charge is 1.92. The van der Waals surface area contributed by atoms with E-state index in [0.29, 0.717) is 5.02 Å². The first-order chi connectivity index (χ1) is 5.34. The molecular weight excluding hydrogens is 181 g/mol. The quantitative estimate of drug-likeness (QED) is 0.664. The standard InChI is InChI=1S/C6H5Cl2N.C2H6/c7-5-3-1-2-4-6(5)9-8;1-2/h1-4,9H;1-2H3. The zero-order chi connectivity index (χ0) is 8.69. The molecule has 0 atom stereocenters. The first-order valence-electron chi connectivity index (χ1n) is 3.46. The molecule has 62 valence electrons. The Labute approximate surface area is 77.4 Å². The molecule has 0 saturated heterocycles. The van der Waals surface area contributed by atoms with Crippen molar-refractivity contribution >= 4 is 29.1 Å². The molecule has 1 rings (SSSR count). The van der Waals surface area contributed by atoms with Crippen LogP contribution in [0, 0.1) is 0 Å². The maximum atomic E-state index is 5.68. The fourth-order valence-corrected chi connectivity index (χ4v) is 0.934. The summed E-state index contributed by atoms with van der Waals surface area (Å²) < 4.78 is 0. The van der Waals surface area contributed by atoms with Crippen LogP contribution in [0.3, 0.4) is 0 Å². The molecule has 1 nitrogen and oxygen atoms in total. The average molecular weight is 192 g/mol. The van der Waals surface area contributed by atoms with Crippen LogP contribution in [-0.2, 0) is 0 Å². The second-order valence-electron chi connectivity index (χ2n) is 1.57. The molecule has 1 aromatic rings. The van der Waals surface area contributed by atoms with Gasteiger partial charge in [-0.3, -0.25) is 4.84 Å². The van der Waals surface area contributed by atoms with Gasteiger partial charge in [-0.15, -0.1) is 0 Å². The van der Waals surface area contributed by atoms with Gasteiger partial charge in [0.2, 0.25) is 0 Å². The Balaban J connectivity index is 0.000000461. The molecule has 0 aliphatic heterocycles.